The van der Waals surface area contributed by atoms with E-state index in [9.17, 15) is 0 Å². The predicted molar refractivity (Wildman–Crippen MR) is 80.0 cm³/mol. The average molecular weight is 293 g/mol. The lowest BCUT2D eigenvalue weighted by atomic mass is 10.3. The van der Waals surface area contributed by atoms with Crippen LogP contribution in [0.3, 0.4) is 0 Å². The van der Waals surface area contributed by atoms with Gasteiger partial charge in [0.05, 0.1) is 15.2 Å². The molecule has 2 aromatic heterocycles. The third-order valence-corrected chi connectivity index (χ3v) is 4.40. The van der Waals surface area contributed by atoms with Crippen molar-refractivity contribution < 1.29 is 0 Å². The van der Waals surface area contributed by atoms with Gasteiger partial charge in [0.1, 0.15) is 5.82 Å². The first-order valence-electron chi connectivity index (χ1n) is 5.99. The summed E-state index contributed by atoms with van der Waals surface area (Å²) < 4.78 is 3.06. The van der Waals surface area contributed by atoms with Gasteiger partial charge in [0.15, 0.2) is 5.13 Å². The summed E-state index contributed by atoms with van der Waals surface area (Å²) in [6.07, 6.45) is 4.63. The van der Waals surface area contributed by atoms with Crippen molar-refractivity contribution in [2.75, 3.05) is 11.9 Å². The van der Waals surface area contributed by atoms with Crippen LogP contribution in [-0.4, -0.2) is 21.1 Å². The van der Waals surface area contributed by atoms with Crippen LogP contribution in [0.4, 0.5) is 5.13 Å². The molecule has 6 heteroatoms. The van der Waals surface area contributed by atoms with Gasteiger partial charge in [-0.25, -0.2) is 9.97 Å². The van der Waals surface area contributed by atoms with Crippen molar-refractivity contribution in [3.63, 3.8) is 0 Å². The number of fused-ring (bicyclic) bond motifs is 1. The van der Waals surface area contributed by atoms with Gasteiger partial charge in [0, 0.05) is 32.4 Å². The van der Waals surface area contributed by atoms with Crippen molar-refractivity contribution in [3.8, 4) is 0 Å². The van der Waals surface area contributed by atoms with Crippen LogP contribution in [0.1, 0.15) is 5.82 Å². The Labute approximate surface area is 120 Å². The second-order valence-electron chi connectivity index (χ2n) is 4.24. The van der Waals surface area contributed by atoms with E-state index in [1.807, 2.05) is 42.2 Å². The summed E-state index contributed by atoms with van der Waals surface area (Å²) in [6, 6.07) is 5.78. The van der Waals surface area contributed by atoms with Crippen LogP contribution in [0.25, 0.3) is 10.2 Å². The van der Waals surface area contributed by atoms with Crippen molar-refractivity contribution in [1.82, 2.24) is 14.5 Å². The Bertz CT molecular complexity index is 704. The summed E-state index contributed by atoms with van der Waals surface area (Å²) in [5.41, 5.74) is 0.942. The summed E-state index contributed by atoms with van der Waals surface area (Å²) in [6.45, 7) is 0.808. The number of imidazole rings is 1. The molecule has 0 aliphatic heterocycles. The smallest absolute Gasteiger partial charge is 0.183 e. The first-order valence-corrected chi connectivity index (χ1v) is 7.18. The molecule has 0 fully saturated rings. The molecule has 2 heterocycles. The molecule has 1 N–H and O–H groups in total. The Morgan fingerprint density at radius 1 is 1.42 bits per heavy atom. The fourth-order valence-electron chi connectivity index (χ4n) is 1.91. The van der Waals surface area contributed by atoms with Crippen molar-refractivity contribution in [2.45, 2.75) is 6.42 Å². The number of hydrogen-bond donors (Lipinski definition) is 1. The molecule has 0 saturated carbocycles. The topological polar surface area (TPSA) is 42.7 Å². The van der Waals surface area contributed by atoms with Gasteiger partial charge in [-0.3, -0.25) is 0 Å². The third kappa shape index (κ3) is 2.57. The number of hydrogen-bond acceptors (Lipinski definition) is 4. The Balaban J connectivity index is 1.69. The Morgan fingerprint density at radius 3 is 3.05 bits per heavy atom. The van der Waals surface area contributed by atoms with Crippen molar-refractivity contribution in [1.29, 1.82) is 0 Å². The lowest BCUT2D eigenvalue weighted by molar-refractivity contribution is 0.789. The largest absolute Gasteiger partial charge is 0.361 e. The van der Waals surface area contributed by atoms with Crippen molar-refractivity contribution in [2.24, 2.45) is 7.05 Å². The molecule has 98 valence electrons. The summed E-state index contributed by atoms with van der Waals surface area (Å²) in [7, 11) is 2.00. The number of nitrogens with zero attached hydrogens (tertiary/aromatic N) is 3. The molecule has 0 atom stereocenters. The summed E-state index contributed by atoms with van der Waals surface area (Å²) >= 11 is 7.72. The van der Waals surface area contributed by atoms with Gasteiger partial charge in [-0.2, -0.15) is 0 Å². The van der Waals surface area contributed by atoms with Crippen molar-refractivity contribution >= 4 is 38.3 Å². The van der Waals surface area contributed by atoms with E-state index in [0.717, 1.165) is 39.2 Å². The second-order valence-corrected chi connectivity index (χ2v) is 5.64. The molecule has 3 aromatic rings. The van der Waals surface area contributed by atoms with Gasteiger partial charge in [-0.05, 0) is 12.1 Å². The van der Waals surface area contributed by atoms with Gasteiger partial charge in [-0.15, -0.1) is 0 Å². The Morgan fingerprint density at radius 2 is 2.32 bits per heavy atom. The summed E-state index contributed by atoms with van der Waals surface area (Å²) in [5.74, 6) is 1.06. The van der Waals surface area contributed by atoms with E-state index < -0.39 is 0 Å². The minimum absolute atomic E-state index is 0.757. The van der Waals surface area contributed by atoms with Gasteiger partial charge >= 0.3 is 0 Å². The van der Waals surface area contributed by atoms with Gasteiger partial charge in [-0.1, -0.05) is 29.0 Å². The molecule has 0 unspecified atom stereocenters. The van der Waals surface area contributed by atoms with Gasteiger partial charge in [0.25, 0.3) is 0 Å². The van der Waals surface area contributed by atoms with E-state index in [2.05, 4.69) is 15.3 Å². The van der Waals surface area contributed by atoms with Gasteiger partial charge < -0.3 is 9.88 Å². The number of aromatic nitrogens is 3. The zero-order valence-electron chi connectivity index (χ0n) is 10.4. The van der Waals surface area contributed by atoms with E-state index >= 15 is 0 Å². The number of nitrogens with one attached hydrogen (secondary N) is 1. The van der Waals surface area contributed by atoms with Crippen LogP contribution in [-0.2, 0) is 13.5 Å². The number of thiazole rings is 1. The lowest BCUT2D eigenvalue weighted by Gasteiger charge is -2.02. The molecule has 0 amide bonds. The van der Waals surface area contributed by atoms with E-state index in [-0.39, 0.29) is 0 Å². The number of benzene rings is 1. The first-order chi connectivity index (χ1) is 9.24. The molecule has 0 saturated heterocycles. The van der Waals surface area contributed by atoms with Crippen LogP contribution in [0.15, 0.2) is 30.6 Å². The number of rotatable bonds is 4. The zero-order chi connectivity index (χ0) is 13.2. The van der Waals surface area contributed by atoms with Crippen LogP contribution >= 0.6 is 22.9 Å². The molecule has 4 nitrogen and oxygen atoms in total. The molecule has 0 aliphatic carbocycles. The van der Waals surface area contributed by atoms with E-state index in [4.69, 9.17) is 11.6 Å². The van der Waals surface area contributed by atoms with Crippen LogP contribution in [0, 0.1) is 0 Å². The molecule has 3 rings (SSSR count). The zero-order valence-corrected chi connectivity index (χ0v) is 12.0. The highest BCUT2D eigenvalue weighted by molar-refractivity contribution is 7.22. The predicted octanol–water partition coefficient (Wildman–Crippen LogP) is 3.34. The molecule has 0 bridgehead atoms. The average Bonchev–Trinajstić information content (AvgIpc) is 2.97. The highest BCUT2D eigenvalue weighted by atomic mass is 35.5. The molecular formula is C13H13ClN4S. The lowest BCUT2D eigenvalue weighted by Crippen LogP contribution is -2.08. The van der Waals surface area contributed by atoms with Crippen LogP contribution in [0.2, 0.25) is 5.02 Å². The first kappa shape index (κ1) is 12.4. The minimum Gasteiger partial charge on any atom is -0.361 e. The molecule has 0 aliphatic rings. The van der Waals surface area contributed by atoms with E-state index in [1.54, 1.807) is 11.3 Å². The molecule has 1 aromatic carbocycles. The maximum absolute atomic E-state index is 6.14. The normalized spacial score (nSPS) is 11.1. The quantitative estimate of drug-likeness (QED) is 0.802. The van der Waals surface area contributed by atoms with E-state index in [0.29, 0.717) is 0 Å². The molecule has 19 heavy (non-hydrogen) atoms. The summed E-state index contributed by atoms with van der Waals surface area (Å²) in [4.78, 5) is 8.80. The van der Waals surface area contributed by atoms with Crippen LogP contribution in [0.5, 0.6) is 0 Å². The molecular weight excluding hydrogens is 280 g/mol. The third-order valence-electron chi connectivity index (χ3n) is 2.91. The SMILES string of the molecule is Cn1ccnc1CCNc1nc2cccc(Cl)c2s1. The second kappa shape index (κ2) is 5.19. The number of halogens is 1. The van der Waals surface area contributed by atoms with Crippen molar-refractivity contribution in [3.05, 3.63) is 41.4 Å². The fourth-order valence-corrected chi connectivity index (χ4v) is 3.09. The number of aryl methyl sites for hydroxylation is 1. The minimum atomic E-state index is 0.757. The molecule has 0 radical (unpaired) electrons. The monoisotopic (exact) mass is 292 g/mol. The molecule has 0 spiro atoms. The highest BCUT2D eigenvalue weighted by Crippen LogP contribution is 2.31. The fraction of sp³-hybridized carbons (Fsp3) is 0.231. The highest BCUT2D eigenvalue weighted by Gasteiger charge is 2.06. The van der Waals surface area contributed by atoms with Gasteiger partial charge in [0.2, 0.25) is 0 Å². The standard InChI is InChI=1S/C13H13ClN4S/c1-18-8-7-15-11(18)5-6-16-13-17-10-4-2-3-9(14)12(10)19-13/h2-4,7-8H,5-6H2,1H3,(H,16,17). The van der Waals surface area contributed by atoms with Crippen LogP contribution < -0.4 is 5.32 Å². The van der Waals surface area contributed by atoms with E-state index in [1.165, 1.54) is 0 Å². The maximum atomic E-state index is 6.14. The Kier molecular flexibility index (Phi) is 3.40. The summed E-state index contributed by atoms with van der Waals surface area (Å²) in [5, 5.41) is 4.98. The number of anilines is 1. The Hall–Kier alpha value is -1.59. The maximum Gasteiger partial charge on any atom is 0.183 e.